The summed E-state index contributed by atoms with van der Waals surface area (Å²) in [5, 5.41) is 17.6. The van der Waals surface area contributed by atoms with Gasteiger partial charge in [0.2, 0.25) is 0 Å². The molecule has 0 bridgehead atoms. The van der Waals surface area contributed by atoms with E-state index in [-0.39, 0.29) is 16.9 Å². The SMILES string of the molecule is CC1(C)CCC(C)(C)c2cc(-c3ccnc(OC4CCNCC4)n3)ccc21.O=C(O)C(F)(F)F.O=C(O)C(F)(F)F. The molecule has 1 aromatic heterocycles. The highest BCUT2D eigenvalue weighted by molar-refractivity contribution is 5.73. The number of piperidine rings is 1. The molecule has 0 radical (unpaired) electrons. The van der Waals surface area contributed by atoms with Crippen LogP contribution in [0.2, 0.25) is 0 Å². The van der Waals surface area contributed by atoms with E-state index in [4.69, 9.17) is 29.5 Å². The predicted octanol–water partition coefficient (Wildman–Crippen LogP) is 5.89. The molecule has 1 saturated heterocycles. The molecular formula is C27H33F6N3O5. The number of nitrogens with one attached hydrogen (secondary N) is 1. The molecule has 0 spiro atoms. The number of fused-ring (bicyclic) bond motifs is 1. The van der Waals surface area contributed by atoms with Gasteiger partial charge in [-0.1, -0.05) is 39.8 Å². The van der Waals surface area contributed by atoms with Gasteiger partial charge in [-0.05, 0) is 72.9 Å². The van der Waals surface area contributed by atoms with Crippen molar-refractivity contribution >= 4 is 11.9 Å². The fraction of sp³-hybridized carbons (Fsp3) is 0.556. The van der Waals surface area contributed by atoms with E-state index >= 15 is 0 Å². The molecule has 2 heterocycles. The molecule has 3 N–H and O–H groups in total. The fourth-order valence-corrected chi connectivity index (χ4v) is 4.37. The molecule has 14 heteroatoms. The molecule has 0 atom stereocenters. The second kappa shape index (κ2) is 13.0. The van der Waals surface area contributed by atoms with Gasteiger partial charge in [0.1, 0.15) is 6.10 Å². The second-order valence-electron chi connectivity index (χ2n) is 10.9. The standard InChI is InChI=1S/C23H31N3O.2C2HF3O2/c1-22(2)10-11-23(3,4)19-15-16(5-6-18(19)22)20-9-14-25-21(26-20)27-17-7-12-24-13-8-17;2*3-2(4,5)1(6)7/h5-6,9,14-15,17,24H,7-8,10-13H2,1-4H3;2*(H,6,7). The van der Waals surface area contributed by atoms with Crippen LogP contribution < -0.4 is 10.1 Å². The minimum Gasteiger partial charge on any atom is -0.475 e. The van der Waals surface area contributed by atoms with Crippen molar-refractivity contribution in [2.24, 2.45) is 0 Å². The number of ether oxygens (including phenoxy) is 1. The Morgan fingerprint density at radius 2 is 1.37 bits per heavy atom. The summed E-state index contributed by atoms with van der Waals surface area (Å²) in [6.45, 7) is 11.4. The number of hydrogen-bond acceptors (Lipinski definition) is 6. The van der Waals surface area contributed by atoms with Crippen molar-refractivity contribution in [3.05, 3.63) is 41.6 Å². The summed E-state index contributed by atoms with van der Waals surface area (Å²) in [5.41, 5.74) is 5.45. The Labute approximate surface area is 233 Å². The van der Waals surface area contributed by atoms with E-state index < -0.39 is 24.3 Å². The third-order valence-electron chi connectivity index (χ3n) is 6.83. The number of aliphatic carboxylic acids is 2. The van der Waals surface area contributed by atoms with Crippen LogP contribution in [-0.4, -0.2) is 63.7 Å². The molecule has 1 aromatic carbocycles. The highest BCUT2D eigenvalue weighted by atomic mass is 19.4. The summed E-state index contributed by atoms with van der Waals surface area (Å²) < 4.78 is 69.5. The zero-order valence-corrected chi connectivity index (χ0v) is 23.0. The third kappa shape index (κ3) is 9.87. The van der Waals surface area contributed by atoms with Crippen LogP contribution in [-0.2, 0) is 20.4 Å². The summed E-state index contributed by atoms with van der Waals surface area (Å²) in [7, 11) is 0. The molecule has 1 aliphatic carbocycles. The first-order valence-corrected chi connectivity index (χ1v) is 12.7. The van der Waals surface area contributed by atoms with Crippen LogP contribution in [0.25, 0.3) is 11.3 Å². The van der Waals surface area contributed by atoms with E-state index in [1.165, 1.54) is 24.0 Å². The lowest BCUT2D eigenvalue weighted by atomic mass is 9.63. The average molecular weight is 594 g/mol. The van der Waals surface area contributed by atoms with E-state index in [0.717, 1.165) is 37.2 Å². The van der Waals surface area contributed by atoms with Gasteiger partial charge in [0.15, 0.2) is 0 Å². The van der Waals surface area contributed by atoms with E-state index in [1.807, 2.05) is 12.3 Å². The zero-order valence-electron chi connectivity index (χ0n) is 23.0. The maximum absolute atomic E-state index is 10.6. The lowest BCUT2D eigenvalue weighted by Gasteiger charge is -2.42. The van der Waals surface area contributed by atoms with Crippen molar-refractivity contribution in [1.82, 2.24) is 15.3 Å². The largest absolute Gasteiger partial charge is 0.490 e. The molecule has 1 fully saturated rings. The first-order valence-electron chi connectivity index (χ1n) is 12.7. The number of alkyl halides is 6. The van der Waals surface area contributed by atoms with Crippen LogP contribution in [0.1, 0.15) is 64.5 Å². The van der Waals surface area contributed by atoms with Crippen LogP contribution in [0.4, 0.5) is 26.3 Å². The highest BCUT2D eigenvalue weighted by Gasteiger charge is 2.39. The monoisotopic (exact) mass is 593 g/mol. The molecule has 0 amide bonds. The number of carboxylic acids is 2. The highest BCUT2D eigenvalue weighted by Crippen LogP contribution is 2.46. The minimum atomic E-state index is -5.08. The maximum Gasteiger partial charge on any atom is 0.490 e. The molecular weight excluding hydrogens is 560 g/mol. The van der Waals surface area contributed by atoms with Gasteiger partial charge in [-0.15, -0.1) is 0 Å². The molecule has 0 saturated carbocycles. The number of hydrogen-bond donors (Lipinski definition) is 3. The average Bonchev–Trinajstić information content (AvgIpc) is 2.87. The summed E-state index contributed by atoms with van der Waals surface area (Å²) in [6, 6.07) is 9.33. The van der Waals surface area contributed by atoms with Crippen LogP contribution >= 0.6 is 0 Å². The lowest BCUT2D eigenvalue weighted by molar-refractivity contribution is -0.193. The molecule has 8 nitrogen and oxygen atoms in total. The van der Waals surface area contributed by atoms with Gasteiger partial charge in [0.05, 0.1) is 5.69 Å². The lowest BCUT2D eigenvalue weighted by Crippen LogP contribution is -2.34. The van der Waals surface area contributed by atoms with Crippen molar-refractivity contribution in [2.75, 3.05) is 13.1 Å². The Balaban J connectivity index is 0.000000349. The van der Waals surface area contributed by atoms with Crippen molar-refractivity contribution in [3.8, 4) is 17.3 Å². The van der Waals surface area contributed by atoms with Crippen molar-refractivity contribution in [1.29, 1.82) is 0 Å². The Bertz CT molecular complexity index is 1180. The normalized spacial score (nSPS) is 18.0. The summed E-state index contributed by atoms with van der Waals surface area (Å²) in [4.78, 5) is 26.9. The molecule has 2 aromatic rings. The Hall–Kier alpha value is -3.42. The summed E-state index contributed by atoms with van der Waals surface area (Å²) in [5.74, 6) is -5.51. The van der Waals surface area contributed by atoms with Crippen molar-refractivity contribution < 1.29 is 50.9 Å². The first-order chi connectivity index (χ1) is 18.7. The molecule has 41 heavy (non-hydrogen) atoms. The van der Waals surface area contributed by atoms with E-state index in [1.54, 1.807) is 0 Å². The smallest absolute Gasteiger partial charge is 0.475 e. The predicted molar refractivity (Wildman–Crippen MR) is 137 cm³/mol. The van der Waals surface area contributed by atoms with Crippen LogP contribution in [0.15, 0.2) is 30.5 Å². The van der Waals surface area contributed by atoms with Gasteiger partial charge < -0.3 is 20.3 Å². The Morgan fingerprint density at radius 3 is 1.85 bits per heavy atom. The summed E-state index contributed by atoms with van der Waals surface area (Å²) >= 11 is 0. The number of carboxylic acid groups (broad SMARTS) is 2. The quantitative estimate of drug-likeness (QED) is 0.377. The van der Waals surface area contributed by atoms with Crippen LogP contribution in [0.5, 0.6) is 6.01 Å². The third-order valence-corrected chi connectivity index (χ3v) is 6.83. The van der Waals surface area contributed by atoms with Gasteiger partial charge in [-0.25, -0.2) is 14.6 Å². The van der Waals surface area contributed by atoms with Gasteiger partial charge >= 0.3 is 30.3 Å². The molecule has 4 rings (SSSR count). The number of benzene rings is 1. The summed E-state index contributed by atoms with van der Waals surface area (Å²) in [6.07, 6.45) is -3.68. The molecule has 0 unspecified atom stereocenters. The minimum absolute atomic E-state index is 0.197. The Kier molecular flexibility index (Phi) is 10.7. The zero-order chi connectivity index (χ0) is 31.2. The molecule has 1 aliphatic heterocycles. The van der Waals surface area contributed by atoms with Gasteiger partial charge in [-0.2, -0.15) is 31.3 Å². The van der Waals surface area contributed by atoms with Gasteiger partial charge in [-0.3, -0.25) is 0 Å². The van der Waals surface area contributed by atoms with Crippen molar-refractivity contribution in [2.45, 2.75) is 82.7 Å². The maximum atomic E-state index is 10.6. The van der Waals surface area contributed by atoms with Gasteiger partial charge in [0, 0.05) is 11.8 Å². The van der Waals surface area contributed by atoms with E-state index in [9.17, 15) is 26.3 Å². The number of halogens is 6. The number of nitrogens with zero attached hydrogens (tertiary/aromatic N) is 2. The second-order valence-corrected chi connectivity index (χ2v) is 10.9. The number of aromatic nitrogens is 2. The fourth-order valence-electron chi connectivity index (χ4n) is 4.37. The van der Waals surface area contributed by atoms with E-state index in [2.05, 4.69) is 56.2 Å². The van der Waals surface area contributed by atoms with Crippen LogP contribution in [0, 0.1) is 0 Å². The van der Waals surface area contributed by atoms with Gasteiger partial charge in [0.25, 0.3) is 0 Å². The van der Waals surface area contributed by atoms with E-state index in [0.29, 0.717) is 6.01 Å². The Morgan fingerprint density at radius 1 is 0.878 bits per heavy atom. The van der Waals surface area contributed by atoms with Crippen LogP contribution in [0.3, 0.4) is 0 Å². The molecule has 2 aliphatic rings. The topological polar surface area (TPSA) is 122 Å². The molecule has 228 valence electrons. The number of rotatable bonds is 3. The van der Waals surface area contributed by atoms with Crippen molar-refractivity contribution in [3.63, 3.8) is 0 Å². The first kappa shape index (κ1) is 33.8. The number of carbonyl (C=O) groups is 2.